The highest BCUT2D eigenvalue weighted by Gasteiger charge is 2.17. The highest BCUT2D eigenvalue weighted by molar-refractivity contribution is 5.97. The predicted octanol–water partition coefficient (Wildman–Crippen LogP) is 3.40. The summed E-state index contributed by atoms with van der Waals surface area (Å²) in [6.07, 6.45) is 2.42. The molecule has 6 heteroatoms. The zero-order chi connectivity index (χ0) is 19.4. The molecule has 0 bridgehead atoms. The van der Waals surface area contributed by atoms with Gasteiger partial charge in [-0.15, -0.1) is 0 Å². The number of esters is 1. The molecular weight excluding hydrogens is 344 g/mol. The third-order valence-electron chi connectivity index (χ3n) is 4.75. The molecule has 1 aliphatic heterocycles. The summed E-state index contributed by atoms with van der Waals surface area (Å²) in [5.74, 6) is -1.28. The fourth-order valence-electron chi connectivity index (χ4n) is 3.18. The molecule has 0 saturated carbocycles. The molecule has 1 fully saturated rings. The van der Waals surface area contributed by atoms with Gasteiger partial charge in [0.2, 0.25) is 0 Å². The SMILES string of the molecule is Cc1cc(N2CCCC2)ccc1NC(=O)COC(=O)c1cccc(C)c1O. The third kappa shape index (κ3) is 4.39. The number of hydrogen-bond donors (Lipinski definition) is 2. The molecule has 2 aromatic carbocycles. The minimum Gasteiger partial charge on any atom is -0.507 e. The number of carbonyl (C=O) groups is 2. The van der Waals surface area contributed by atoms with Gasteiger partial charge in [0, 0.05) is 24.5 Å². The number of phenols is 1. The van der Waals surface area contributed by atoms with E-state index in [2.05, 4.69) is 16.3 Å². The van der Waals surface area contributed by atoms with Crippen molar-refractivity contribution in [1.29, 1.82) is 0 Å². The normalized spacial score (nSPS) is 13.5. The first-order valence-corrected chi connectivity index (χ1v) is 9.07. The molecule has 1 amide bonds. The molecule has 0 aliphatic carbocycles. The van der Waals surface area contributed by atoms with Crippen molar-refractivity contribution in [2.75, 3.05) is 29.9 Å². The lowest BCUT2D eigenvalue weighted by atomic mass is 10.1. The van der Waals surface area contributed by atoms with E-state index in [0.29, 0.717) is 11.3 Å². The number of aromatic hydroxyl groups is 1. The first kappa shape index (κ1) is 18.8. The van der Waals surface area contributed by atoms with Crippen molar-refractivity contribution in [2.24, 2.45) is 0 Å². The van der Waals surface area contributed by atoms with E-state index in [4.69, 9.17) is 4.74 Å². The zero-order valence-electron chi connectivity index (χ0n) is 15.6. The van der Waals surface area contributed by atoms with Gasteiger partial charge in [0.25, 0.3) is 5.91 Å². The number of anilines is 2. The van der Waals surface area contributed by atoms with Crippen LogP contribution in [0.5, 0.6) is 5.75 Å². The van der Waals surface area contributed by atoms with E-state index >= 15 is 0 Å². The maximum absolute atomic E-state index is 12.1. The topological polar surface area (TPSA) is 78.9 Å². The fourth-order valence-corrected chi connectivity index (χ4v) is 3.18. The highest BCUT2D eigenvalue weighted by Crippen LogP contribution is 2.26. The van der Waals surface area contributed by atoms with Crippen LogP contribution in [0.15, 0.2) is 36.4 Å². The summed E-state index contributed by atoms with van der Waals surface area (Å²) in [5.41, 5.74) is 3.42. The van der Waals surface area contributed by atoms with Gasteiger partial charge >= 0.3 is 5.97 Å². The largest absolute Gasteiger partial charge is 0.507 e. The molecule has 0 aromatic heterocycles. The maximum atomic E-state index is 12.1. The summed E-state index contributed by atoms with van der Waals surface area (Å²) in [5, 5.41) is 12.7. The number of aryl methyl sites for hydroxylation is 2. The minimum absolute atomic E-state index is 0.0500. The van der Waals surface area contributed by atoms with Gasteiger partial charge in [-0.3, -0.25) is 4.79 Å². The number of benzene rings is 2. The van der Waals surface area contributed by atoms with Gasteiger partial charge in [-0.05, 0) is 62.1 Å². The fraction of sp³-hybridized carbons (Fsp3) is 0.333. The van der Waals surface area contributed by atoms with Crippen LogP contribution in [0.2, 0.25) is 0 Å². The molecule has 27 heavy (non-hydrogen) atoms. The van der Waals surface area contributed by atoms with Gasteiger partial charge in [0.15, 0.2) is 6.61 Å². The van der Waals surface area contributed by atoms with Crippen molar-refractivity contribution in [3.05, 3.63) is 53.1 Å². The van der Waals surface area contributed by atoms with E-state index in [1.54, 1.807) is 19.1 Å². The van der Waals surface area contributed by atoms with Gasteiger partial charge in [-0.25, -0.2) is 4.79 Å². The van der Waals surface area contributed by atoms with Crippen LogP contribution in [0.3, 0.4) is 0 Å². The van der Waals surface area contributed by atoms with Crippen LogP contribution in [0.25, 0.3) is 0 Å². The molecule has 1 heterocycles. The van der Waals surface area contributed by atoms with Crippen LogP contribution in [0.1, 0.15) is 34.3 Å². The summed E-state index contributed by atoms with van der Waals surface area (Å²) < 4.78 is 5.02. The van der Waals surface area contributed by atoms with Crippen molar-refractivity contribution >= 4 is 23.3 Å². The Hall–Kier alpha value is -3.02. The van der Waals surface area contributed by atoms with Gasteiger partial charge in [-0.1, -0.05) is 12.1 Å². The molecule has 2 aromatic rings. The number of nitrogens with zero attached hydrogens (tertiary/aromatic N) is 1. The lowest BCUT2D eigenvalue weighted by Gasteiger charge is -2.19. The Morgan fingerprint density at radius 3 is 2.56 bits per heavy atom. The number of hydrogen-bond acceptors (Lipinski definition) is 5. The zero-order valence-corrected chi connectivity index (χ0v) is 15.6. The van der Waals surface area contributed by atoms with Gasteiger partial charge in [0.1, 0.15) is 11.3 Å². The summed E-state index contributed by atoms with van der Waals surface area (Å²) in [4.78, 5) is 26.5. The Bertz CT molecular complexity index is 857. The Balaban J connectivity index is 1.57. The number of rotatable bonds is 5. The summed E-state index contributed by atoms with van der Waals surface area (Å²) in [7, 11) is 0. The Morgan fingerprint density at radius 2 is 1.85 bits per heavy atom. The highest BCUT2D eigenvalue weighted by atomic mass is 16.5. The second-order valence-corrected chi connectivity index (χ2v) is 6.79. The summed E-state index contributed by atoms with van der Waals surface area (Å²) in [6, 6.07) is 10.7. The number of amides is 1. The molecule has 2 N–H and O–H groups in total. The average molecular weight is 368 g/mol. The van der Waals surface area contributed by atoms with Crippen LogP contribution in [0.4, 0.5) is 11.4 Å². The molecule has 0 spiro atoms. The molecule has 3 rings (SSSR count). The van der Waals surface area contributed by atoms with Crippen LogP contribution >= 0.6 is 0 Å². The van der Waals surface area contributed by atoms with Crippen molar-refractivity contribution < 1.29 is 19.4 Å². The molecule has 0 unspecified atom stereocenters. The van der Waals surface area contributed by atoms with Crippen LogP contribution in [-0.4, -0.2) is 36.7 Å². The van der Waals surface area contributed by atoms with Crippen LogP contribution < -0.4 is 10.2 Å². The van der Waals surface area contributed by atoms with Gasteiger partial charge < -0.3 is 20.1 Å². The van der Waals surface area contributed by atoms with E-state index in [1.807, 2.05) is 19.1 Å². The lowest BCUT2D eigenvalue weighted by molar-refractivity contribution is -0.119. The van der Waals surface area contributed by atoms with Crippen LogP contribution in [-0.2, 0) is 9.53 Å². The van der Waals surface area contributed by atoms with E-state index in [0.717, 1.165) is 24.3 Å². The molecule has 1 saturated heterocycles. The molecule has 1 aliphatic rings. The minimum atomic E-state index is -0.729. The quantitative estimate of drug-likeness (QED) is 0.791. The summed E-state index contributed by atoms with van der Waals surface area (Å²) >= 11 is 0. The first-order valence-electron chi connectivity index (χ1n) is 9.07. The molecule has 0 radical (unpaired) electrons. The van der Waals surface area contributed by atoms with Crippen molar-refractivity contribution in [3.63, 3.8) is 0 Å². The number of ether oxygens (including phenoxy) is 1. The van der Waals surface area contributed by atoms with E-state index < -0.39 is 18.5 Å². The standard InChI is InChI=1S/C21H24N2O4/c1-14-6-5-7-17(20(14)25)21(26)27-13-19(24)22-18-9-8-16(12-15(18)2)23-10-3-4-11-23/h5-9,12,25H,3-4,10-11,13H2,1-2H3,(H,22,24). The predicted molar refractivity (Wildman–Crippen MR) is 104 cm³/mol. The average Bonchev–Trinajstić information content (AvgIpc) is 3.18. The van der Waals surface area contributed by atoms with Crippen molar-refractivity contribution in [1.82, 2.24) is 0 Å². The van der Waals surface area contributed by atoms with Crippen molar-refractivity contribution in [2.45, 2.75) is 26.7 Å². The number of phenolic OH excluding ortho intramolecular Hbond substituents is 1. The first-order chi connectivity index (χ1) is 13.0. The van der Waals surface area contributed by atoms with E-state index in [-0.39, 0.29) is 11.3 Å². The van der Waals surface area contributed by atoms with Gasteiger partial charge in [-0.2, -0.15) is 0 Å². The monoisotopic (exact) mass is 368 g/mol. The van der Waals surface area contributed by atoms with E-state index in [1.165, 1.54) is 18.9 Å². The summed E-state index contributed by atoms with van der Waals surface area (Å²) in [6.45, 7) is 5.33. The van der Waals surface area contributed by atoms with E-state index in [9.17, 15) is 14.7 Å². The number of nitrogens with one attached hydrogen (secondary N) is 1. The third-order valence-corrected chi connectivity index (χ3v) is 4.75. The number of carbonyl (C=O) groups excluding carboxylic acids is 2. The second-order valence-electron chi connectivity index (χ2n) is 6.79. The molecule has 0 atom stereocenters. The Morgan fingerprint density at radius 1 is 1.11 bits per heavy atom. The Kier molecular flexibility index (Phi) is 5.64. The van der Waals surface area contributed by atoms with Crippen LogP contribution in [0, 0.1) is 13.8 Å². The molecule has 6 nitrogen and oxygen atoms in total. The number of para-hydroxylation sites is 1. The van der Waals surface area contributed by atoms with Crippen molar-refractivity contribution in [3.8, 4) is 5.75 Å². The lowest BCUT2D eigenvalue weighted by Crippen LogP contribution is -2.22. The maximum Gasteiger partial charge on any atom is 0.342 e. The smallest absolute Gasteiger partial charge is 0.342 e. The van der Waals surface area contributed by atoms with Gasteiger partial charge in [0.05, 0.1) is 0 Å². The Labute approximate surface area is 158 Å². The molecular formula is C21H24N2O4. The second kappa shape index (κ2) is 8.12. The molecule has 142 valence electrons.